The van der Waals surface area contributed by atoms with Gasteiger partial charge in [0.25, 0.3) is 0 Å². The van der Waals surface area contributed by atoms with Gasteiger partial charge in [-0.15, -0.1) is 0 Å². The van der Waals surface area contributed by atoms with Gasteiger partial charge in [-0.05, 0) is 24.6 Å². The molecule has 0 saturated heterocycles. The van der Waals surface area contributed by atoms with Gasteiger partial charge >= 0.3 is 11.9 Å². The summed E-state index contributed by atoms with van der Waals surface area (Å²) in [5, 5.41) is 11.8. The number of H-pyrrole nitrogens is 1. The van der Waals surface area contributed by atoms with Crippen molar-refractivity contribution in [2.24, 2.45) is 0 Å². The molecule has 0 radical (unpaired) electrons. The van der Waals surface area contributed by atoms with Gasteiger partial charge in [-0.1, -0.05) is 6.07 Å². The lowest BCUT2D eigenvalue weighted by molar-refractivity contribution is -0.141. The molecule has 3 N–H and O–H groups in total. The Morgan fingerprint density at radius 1 is 1.46 bits per heavy atom. The van der Waals surface area contributed by atoms with Crippen LogP contribution in [-0.2, 0) is 20.8 Å². The van der Waals surface area contributed by atoms with Gasteiger partial charge in [0, 0.05) is 18.3 Å². The van der Waals surface area contributed by atoms with Gasteiger partial charge in [0.15, 0.2) is 5.75 Å². The van der Waals surface area contributed by atoms with Crippen LogP contribution in [0.3, 0.4) is 0 Å². The first-order valence-corrected chi connectivity index (χ1v) is 7.98. The SMILES string of the molecule is Cc1ccc2c(c1)N(CC(=O)NC(Cc1cnc[nH]1)C(=O)O)CC(=O)O2. The van der Waals surface area contributed by atoms with Crippen molar-refractivity contribution in [3.05, 3.63) is 42.0 Å². The molecule has 1 unspecified atom stereocenters. The summed E-state index contributed by atoms with van der Waals surface area (Å²) in [5.41, 5.74) is 2.18. The van der Waals surface area contributed by atoms with Crippen molar-refractivity contribution in [2.45, 2.75) is 19.4 Å². The Bertz CT molecular complexity index is 834. The number of benzene rings is 1. The average molecular weight is 358 g/mol. The number of aromatic nitrogens is 2. The van der Waals surface area contributed by atoms with Crippen LogP contribution >= 0.6 is 0 Å². The van der Waals surface area contributed by atoms with Crippen LogP contribution in [0.15, 0.2) is 30.7 Å². The number of aromatic amines is 1. The second-order valence-electron chi connectivity index (χ2n) is 6.04. The number of carbonyl (C=O) groups is 3. The quantitative estimate of drug-likeness (QED) is 0.499. The van der Waals surface area contributed by atoms with E-state index in [-0.39, 0.29) is 19.5 Å². The monoisotopic (exact) mass is 358 g/mol. The summed E-state index contributed by atoms with van der Waals surface area (Å²) in [6.45, 7) is 1.65. The molecule has 3 rings (SSSR count). The van der Waals surface area contributed by atoms with Crippen molar-refractivity contribution < 1.29 is 24.2 Å². The predicted molar refractivity (Wildman–Crippen MR) is 90.9 cm³/mol. The molecule has 0 spiro atoms. The summed E-state index contributed by atoms with van der Waals surface area (Å²) < 4.78 is 5.17. The number of nitrogens with one attached hydrogen (secondary N) is 2. The van der Waals surface area contributed by atoms with Crippen LogP contribution in [0.4, 0.5) is 5.69 Å². The number of nitrogens with zero attached hydrogens (tertiary/aromatic N) is 2. The van der Waals surface area contributed by atoms with Crippen molar-refractivity contribution >= 4 is 23.5 Å². The number of fused-ring (bicyclic) bond motifs is 1. The van der Waals surface area contributed by atoms with Crippen LogP contribution < -0.4 is 15.0 Å². The fraction of sp³-hybridized carbons (Fsp3) is 0.294. The minimum Gasteiger partial charge on any atom is -0.480 e. The van der Waals surface area contributed by atoms with Gasteiger partial charge in [-0.25, -0.2) is 14.6 Å². The molecule has 136 valence electrons. The largest absolute Gasteiger partial charge is 0.480 e. The molecular weight excluding hydrogens is 340 g/mol. The molecule has 1 aromatic carbocycles. The summed E-state index contributed by atoms with van der Waals surface area (Å²) in [7, 11) is 0. The van der Waals surface area contributed by atoms with Gasteiger partial charge in [0.05, 0.1) is 18.6 Å². The Morgan fingerprint density at radius 3 is 2.96 bits per heavy atom. The summed E-state index contributed by atoms with van der Waals surface area (Å²) in [5.74, 6) is -1.74. The molecule has 1 aromatic heterocycles. The highest BCUT2D eigenvalue weighted by atomic mass is 16.5. The Kier molecular flexibility index (Phi) is 4.87. The van der Waals surface area contributed by atoms with E-state index in [0.717, 1.165) is 5.56 Å². The van der Waals surface area contributed by atoms with Gasteiger partial charge in [0.2, 0.25) is 5.91 Å². The molecular formula is C17H18N4O5. The van der Waals surface area contributed by atoms with Crippen LogP contribution in [-0.4, -0.2) is 52.1 Å². The highest BCUT2D eigenvalue weighted by molar-refractivity contribution is 5.91. The van der Waals surface area contributed by atoms with E-state index < -0.39 is 23.9 Å². The molecule has 1 aliphatic rings. The van der Waals surface area contributed by atoms with Gasteiger partial charge in [-0.3, -0.25) is 4.79 Å². The predicted octanol–water partition coefficient (Wildman–Crippen LogP) is 0.256. The number of imidazole rings is 1. The number of amides is 1. The zero-order chi connectivity index (χ0) is 18.7. The summed E-state index contributed by atoms with van der Waals surface area (Å²) >= 11 is 0. The smallest absolute Gasteiger partial charge is 0.331 e. The molecule has 1 aliphatic heterocycles. The maximum absolute atomic E-state index is 12.4. The van der Waals surface area contributed by atoms with E-state index in [1.807, 2.05) is 13.0 Å². The van der Waals surface area contributed by atoms with Crippen molar-refractivity contribution in [3.8, 4) is 5.75 Å². The van der Waals surface area contributed by atoms with Gasteiger partial charge < -0.3 is 25.0 Å². The Hall–Kier alpha value is -3.36. The molecule has 9 heteroatoms. The number of aryl methyl sites for hydroxylation is 1. The number of hydrogen-bond acceptors (Lipinski definition) is 6. The van der Waals surface area contributed by atoms with Crippen molar-refractivity contribution in [1.29, 1.82) is 0 Å². The average Bonchev–Trinajstić information content (AvgIpc) is 3.08. The first-order valence-electron chi connectivity index (χ1n) is 7.98. The van der Waals surface area contributed by atoms with Crippen LogP contribution in [0.2, 0.25) is 0 Å². The lowest BCUT2D eigenvalue weighted by atomic mass is 10.1. The number of hydrogen-bond donors (Lipinski definition) is 3. The van der Waals surface area contributed by atoms with E-state index in [1.165, 1.54) is 12.5 Å². The van der Waals surface area contributed by atoms with E-state index >= 15 is 0 Å². The van der Waals surface area contributed by atoms with E-state index in [2.05, 4.69) is 15.3 Å². The Labute approximate surface area is 149 Å². The molecule has 2 aromatic rings. The lowest BCUT2D eigenvalue weighted by Gasteiger charge is -2.29. The van der Waals surface area contributed by atoms with Crippen LogP contribution in [0.25, 0.3) is 0 Å². The topological polar surface area (TPSA) is 125 Å². The second kappa shape index (κ2) is 7.26. The highest BCUT2D eigenvalue weighted by Crippen LogP contribution is 2.32. The first kappa shape index (κ1) is 17.5. The van der Waals surface area contributed by atoms with Crippen LogP contribution in [0.5, 0.6) is 5.75 Å². The van der Waals surface area contributed by atoms with E-state index in [0.29, 0.717) is 17.1 Å². The molecule has 1 atom stereocenters. The molecule has 0 saturated carbocycles. The first-order chi connectivity index (χ1) is 12.4. The highest BCUT2D eigenvalue weighted by Gasteiger charge is 2.27. The summed E-state index contributed by atoms with van der Waals surface area (Å²) in [4.78, 5) is 43.7. The molecule has 9 nitrogen and oxygen atoms in total. The fourth-order valence-corrected chi connectivity index (χ4v) is 2.73. The lowest BCUT2D eigenvalue weighted by Crippen LogP contribution is -2.48. The van der Waals surface area contributed by atoms with E-state index in [9.17, 15) is 19.5 Å². The minimum atomic E-state index is -1.15. The van der Waals surface area contributed by atoms with Crippen molar-refractivity contribution in [2.75, 3.05) is 18.0 Å². The zero-order valence-corrected chi connectivity index (χ0v) is 14.1. The van der Waals surface area contributed by atoms with Crippen molar-refractivity contribution in [3.63, 3.8) is 0 Å². The molecule has 2 heterocycles. The summed E-state index contributed by atoms with van der Waals surface area (Å²) in [6.07, 6.45) is 3.02. The number of ether oxygens (including phenoxy) is 1. The van der Waals surface area contributed by atoms with Crippen molar-refractivity contribution in [1.82, 2.24) is 15.3 Å². The molecule has 0 fully saturated rings. The van der Waals surface area contributed by atoms with E-state index in [4.69, 9.17) is 4.74 Å². The number of rotatable bonds is 6. The third kappa shape index (κ3) is 4.00. The number of carbonyl (C=O) groups excluding carboxylic acids is 2. The molecule has 0 aliphatic carbocycles. The minimum absolute atomic E-state index is 0.0812. The summed E-state index contributed by atoms with van der Waals surface area (Å²) in [6, 6.07) is 4.19. The molecule has 26 heavy (non-hydrogen) atoms. The standard InChI is InChI=1S/C17H18N4O5/c1-10-2-3-14-13(4-10)21(8-16(23)26-14)7-15(22)20-12(17(24)25)5-11-6-18-9-19-11/h2-4,6,9,12H,5,7-8H2,1H3,(H,18,19)(H,20,22)(H,24,25). The van der Waals surface area contributed by atoms with Crippen LogP contribution in [0, 0.1) is 6.92 Å². The number of esters is 1. The number of anilines is 1. The normalized spacial score (nSPS) is 14.3. The molecule has 0 bridgehead atoms. The maximum Gasteiger partial charge on any atom is 0.331 e. The number of carboxylic acid groups (broad SMARTS) is 1. The van der Waals surface area contributed by atoms with Gasteiger partial charge in [-0.2, -0.15) is 0 Å². The molecule has 1 amide bonds. The second-order valence-corrected chi connectivity index (χ2v) is 6.04. The third-order valence-corrected chi connectivity index (χ3v) is 3.95. The Balaban J connectivity index is 1.70. The number of carboxylic acids is 1. The number of aliphatic carboxylic acids is 1. The zero-order valence-electron chi connectivity index (χ0n) is 14.1. The third-order valence-electron chi connectivity index (χ3n) is 3.95. The van der Waals surface area contributed by atoms with Crippen LogP contribution in [0.1, 0.15) is 11.3 Å². The fourth-order valence-electron chi connectivity index (χ4n) is 2.73. The van der Waals surface area contributed by atoms with Gasteiger partial charge in [0.1, 0.15) is 12.6 Å². The maximum atomic E-state index is 12.4. The van der Waals surface area contributed by atoms with E-state index in [1.54, 1.807) is 17.0 Å². The Morgan fingerprint density at radius 2 is 2.27 bits per heavy atom.